The fourth-order valence-electron chi connectivity index (χ4n) is 1.80. The number of nitrogens with zero attached hydrogens (tertiary/aromatic N) is 3. The van der Waals surface area contributed by atoms with E-state index < -0.39 is 11.2 Å². The second-order valence-electron chi connectivity index (χ2n) is 3.96. The maximum atomic E-state index is 11.7. The van der Waals surface area contributed by atoms with Gasteiger partial charge in [-0.15, -0.1) is 0 Å². The van der Waals surface area contributed by atoms with Gasteiger partial charge in [0.15, 0.2) is 0 Å². The molecule has 4 N–H and O–H groups in total. The highest BCUT2D eigenvalue weighted by atomic mass is 16.2. The van der Waals surface area contributed by atoms with E-state index in [2.05, 4.69) is 15.4 Å². The minimum Gasteiger partial charge on any atom is -0.383 e. The minimum atomic E-state index is -0.507. The predicted octanol–water partition coefficient (Wildman–Crippen LogP) is -0.553. The fourth-order valence-corrected chi connectivity index (χ4v) is 1.80. The van der Waals surface area contributed by atoms with E-state index in [4.69, 9.17) is 5.73 Å². The van der Waals surface area contributed by atoms with Crippen LogP contribution < -0.4 is 22.3 Å². The van der Waals surface area contributed by atoms with Gasteiger partial charge in [-0.1, -0.05) is 0 Å². The van der Waals surface area contributed by atoms with Crippen LogP contribution in [0.1, 0.15) is 6.92 Å². The van der Waals surface area contributed by atoms with Gasteiger partial charge >= 0.3 is 5.69 Å². The normalized spacial score (nSPS) is 10.6. The van der Waals surface area contributed by atoms with Gasteiger partial charge in [-0.3, -0.25) is 19.0 Å². The van der Waals surface area contributed by atoms with E-state index >= 15 is 0 Å². The van der Waals surface area contributed by atoms with E-state index in [1.807, 2.05) is 12.3 Å². The highest BCUT2D eigenvalue weighted by Crippen LogP contribution is 2.09. The summed E-state index contributed by atoms with van der Waals surface area (Å²) in [6.45, 7) is 3.26. The molecule has 2 rings (SSSR count). The summed E-state index contributed by atoms with van der Waals surface area (Å²) in [5, 5.41) is 6.98. The molecule has 0 saturated carbocycles. The van der Waals surface area contributed by atoms with E-state index in [0.29, 0.717) is 19.6 Å². The molecule has 0 aliphatic heterocycles. The van der Waals surface area contributed by atoms with Crippen LogP contribution >= 0.6 is 0 Å². The molecule has 2 aromatic heterocycles. The first-order valence-electron chi connectivity index (χ1n) is 5.97. The molecule has 8 nitrogen and oxygen atoms in total. The van der Waals surface area contributed by atoms with Crippen LogP contribution in [0.3, 0.4) is 0 Å². The molecule has 0 unspecified atom stereocenters. The van der Waals surface area contributed by atoms with Gasteiger partial charge in [-0.05, 0) is 13.0 Å². The number of nitrogens with two attached hydrogens (primary N) is 1. The van der Waals surface area contributed by atoms with E-state index in [9.17, 15) is 9.59 Å². The van der Waals surface area contributed by atoms with E-state index in [1.165, 1.54) is 4.57 Å². The maximum absolute atomic E-state index is 11.7. The Kier molecular flexibility index (Phi) is 3.69. The van der Waals surface area contributed by atoms with Crippen LogP contribution in [0.2, 0.25) is 0 Å². The number of aromatic amines is 1. The summed E-state index contributed by atoms with van der Waals surface area (Å²) in [5.41, 5.74) is 5.02. The quantitative estimate of drug-likeness (QED) is 0.671. The molecule has 0 bridgehead atoms. The number of nitrogens with one attached hydrogen (secondary N) is 2. The predicted molar refractivity (Wildman–Crippen MR) is 72.1 cm³/mol. The smallest absolute Gasteiger partial charge is 0.330 e. The van der Waals surface area contributed by atoms with Crippen LogP contribution in [0.25, 0.3) is 0 Å². The summed E-state index contributed by atoms with van der Waals surface area (Å²) in [6, 6.07) is 1.82. The molecule has 2 heterocycles. The van der Waals surface area contributed by atoms with Crippen LogP contribution in [0.4, 0.5) is 11.5 Å². The number of aromatic nitrogens is 4. The monoisotopic (exact) mass is 264 g/mol. The second-order valence-corrected chi connectivity index (χ2v) is 3.96. The van der Waals surface area contributed by atoms with Crippen molar-refractivity contribution in [1.29, 1.82) is 0 Å². The molecule has 0 aliphatic rings. The van der Waals surface area contributed by atoms with E-state index in [0.717, 1.165) is 0 Å². The van der Waals surface area contributed by atoms with Gasteiger partial charge in [0, 0.05) is 25.5 Å². The van der Waals surface area contributed by atoms with Gasteiger partial charge in [0.1, 0.15) is 11.5 Å². The van der Waals surface area contributed by atoms with Crippen LogP contribution in [0.15, 0.2) is 28.0 Å². The van der Waals surface area contributed by atoms with Gasteiger partial charge < -0.3 is 11.1 Å². The molecule has 0 aromatic carbocycles. The standard InChI is InChI=1S/C11H16N6O2/c1-2-17-9(12)8(10(18)15-11(17)19)13-5-7-16-6-3-4-14-16/h3-4,6,13H,2,5,7,12H2,1H3,(H,15,18,19). The van der Waals surface area contributed by atoms with Crippen LogP contribution in [-0.4, -0.2) is 25.9 Å². The first-order chi connectivity index (χ1) is 9.13. The van der Waals surface area contributed by atoms with Crippen LogP contribution in [0, 0.1) is 0 Å². The largest absolute Gasteiger partial charge is 0.383 e. The van der Waals surface area contributed by atoms with Crippen LogP contribution in [-0.2, 0) is 13.1 Å². The summed E-state index contributed by atoms with van der Waals surface area (Å²) in [4.78, 5) is 25.4. The highest BCUT2D eigenvalue weighted by Gasteiger charge is 2.10. The topological polar surface area (TPSA) is 111 Å². The third kappa shape index (κ3) is 2.67. The summed E-state index contributed by atoms with van der Waals surface area (Å²) >= 11 is 0. The van der Waals surface area contributed by atoms with E-state index in [1.54, 1.807) is 17.8 Å². The summed E-state index contributed by atoms with van der Waals surface area (Å²) in [7, 11) is 0. The third-order valence-electron chi connectivity index (χ3n) is 2.76. The van der Waals surface area contributed by atoms with Crippen molar-refractivity contribution >= 4 is 11.5 Å². The molecule has 0 aliphatic carbocycles. The number of nitrogen functional groups attached to an aromatic ring is 1. The van der Waals surface area contributed by atoms with Crippen molar-refractivity contribution in [2.45, 2.75) is 20.0 Å². The average molecular weight is 264 g/mol. The zero-order chi connectivity index (χ0) is 13.8. The number of hydrogen-bond acceptors (Lipinski definition) is 5. The fraction of sp³-hybridized carbons (Fsp3) is 0.364. The molecule has 2 aromatic rings. The van der Waals surface area contributed by atoms with Crippen molar-refractivity contribution in [3.05, 3.63) is 39.3 Å². The molecule has 0 saturated heterocycles. The molecule has 0 fully saturated rings. The Balaban J connectivity index is 2.16. The second kappa shape index (κ2) is 5.42. The summed E-state index contributed by atoms with van der Waals surface area (Å²) < 4.78 is 3.03. The molecule has 0 amide bonds. The number of hydrogen-bond donors (Lipinski definition) is 3. The lowest BCUT2D eigenvalue weighted by atomic mass is 10.4. The minimum absolute atomic E-state index is 0.150. The molecule has 0 atom stereocenters. The molecule has 0 radical (unpaired) electrons. The van der Waals surface area contributed by atoms with Gasteiger partial charge in [0.05, 0.1) is 6.54 Å². The molecular weight excluding hydrogens is 248 g/mol. The van der Waals surface area contributed by atoms with Gasteiger partial charge in [0.25, 0.3) is 5.56 Å². The lowest BCUT2D eigenvalue weighted by Crippen LogP contribution is -2.34. The average Bonchev–Trinajstić information content (AvgIpc) is 2.86. The summed E-state index contributed by atoms with van der Waals surface area (Å²) in [5.74, 6) is 0.150. The Hall–Kier alpha value is -2.51. The Morgan fingerprint density at radius 3 is 2.89 bits per heavy atom. The maximum Gasteiger partial charge on any atom is 0.330 e. The zero-order valence-corrected chi connectivity index (χ0v) is 10.6. The van der Waals surface area contributed by atoms with Crippen molar-refractivity contribution in [2.75, 3.05) is 17.6 Å². The van der Waals surface area contributed by atoms with E-state index in [-0.39, 0.29) is 11.5 Å². The van der Waals surface area contributed by atoms with Crippen molar-refractivity contribution in [1.82, 2.24) is 19.3 Å². The van der Waals surface area contributed by atoms with Gasteiger partial charge in [-0.2, -0.15) is 5.10 Å². The SMILES string of the molecule is CCn1c(N)c(NCCn2cccn2)c(=O)[nH]c1=O. The zero-order valence-electron chi connectivity index (χ0n) is 10.6. The molecule has 102 valence electrons. The lowest BCUT2D eigenvalue weighted by Gasteiger charge is -2.12. The van der Waals surface area contributed by atoms with Gasteiger partial charge in [-0.25, -0.2) is 4.79 Å². The Labute approximate surface area is 108 Å². The molecular formula is C11H16N6O2. The molecule has 8 heteroatoms. The Morgan fingerprint density at radius 1 is 1.47 bits per heavy atom. The first kappa shape index (κ1) is 12.9. The molecule has 19 heavy (non-hydrogen) atoms. The van der Waals surface area contributed by atoms with Crippen molar-refractivity contribution in [3.8, 4) is 0 Å². The number of rotatable bonds is 5. The number of anilines is 2. The summed E-state index contributed by atoms with van der Waals surface area (Å²) in [6.07, 6.45) is 3.50. The molecule has 0 spiro atoms. The van der Waals surface area contributed by atoms with Crippen LogP contribution in [0.5, 0.6) is 0 Å². The number of H-pyrrole nitrogens is 1. The first-order valence-corrected chi connectivity index (χ1v) is 5.97. The third-order valence-corrected chi connectivity index (χ3v) is 2.76. The van der Waals surface area contributed by atoms with Crippen molar-refractivity contribution in [2.24, 2.45) is 0 Å². The van der Waals surface area contributed by atoms with Crippen molar-refractivity contribution in [3.63, 3.8) is 0 Å². The Morgan fingerprint density at radius 2 is 2.26 bits per heavy atom. The van der Waals surface area contributed by atoms with Crippen molar-refractivity contribution < 1.29 is 0 Å². The lowest BCUT2D eigenvalue weighted by molar-refractivity contribution is 0.636. The Bertz CT molecular complexity index is 655. The highest BCUT2D eigenvalue weighted by molar-refractivity contribution is 5.60. The van der Waals surface area contributed by atoms with Gasteiger partial charge in [0.2, 0.25) is 0 Å².